The molecule has 15 heavy (non-hydrogen) atoms. The van der Waals surface area contributed by atoms with Crippen LogP contribution in [-0.2, 0) is 6.42 Å². The smallest absolute Gasteiger partial charge is 0.0938 e. The van der Waals surface area contributed by atoms with Crippen molar-refractivity contribution in [3.8, 4) is 0 Å². The largest absolute Gasteiger partial charge is 0.241 e. The third-order valence-electron chi connectivity index (χ3n) is 2.33. The Morgan fingerprint density at radius 3 is 2.93 bits per heavy atom. The molecule has 0 radical (unpaired) electrons. The summed E-state index contributed by atoms with van der Waals surface area (Å²) in [7, 11) is 0. The zero-order valence-corrected chi connectivity index (χ0v) is 11.1. The molecule has 0 spiro atoms. The Kier molecular flexibility index (Phi) is 3.76. The monoisotopic (exact) mass is 283 g/mol. The molecule has 0 aliphatic heterocycles. The van der Waals surface area contributed by atoms with Gasteiger partial charge >= 0.3 is 0 Å². The van der Waals surface area contributed by atoms with E-state index in [1.165, 1.54) is 22.5 Å². The van der Waals surface area contributed by atoms with Gasteiger partial charge in [0, 0.05) is 4.83 Å². The second-order valence-corrected chi connectivity index (χ2v) is 6.43. The molecule has 0 bridgehead atoms. The summed E-state index contributed by atoms with van der Waals surface area (Å²) < 4.78 is 1.30. The van der Waals surface area contributed by atoms with Crippen LogP contribution < -0.4 is 0 Å². The van der Waals surface area contributed by atoms with Crippen LogP contribution >= 0.6 is 27.3 Å². The van der Waals surface area contributed by atoms with E-state index in [0.717, 1.165) is 11.9 Å². The highest BCUT2D eigenvalue weighted by molar-refractivity contribution is 9.09. The lowest BCUT2D eigenvalue weighted by molar-refractivity contribution is 0.734. The van der Waals surface area contributed by atoms with E-state index in [9.17, 15) is 0 Å². The highest BCUT2D eigenvalue weighted by Crippen LogP contribution is 2.23. The van der Waals surface area contributed by atoms with Crippen molar-refractivity contribution in [2.24, 2.45) is 0 Å². The zero-order chi connectivity index (χ0) is 10.7. The predicted molar refractivity (Wildman–Crippen MR) is 70.9 cm³/mol. The Bertz CT molecular complexity index is 403. The van der Waals surface area contributed by atoms with Crippen molar-refractivity contribution < 1.29 is 0 Å². The number of benzene rings is 1. The van der Waals surface area contributed by atoms with Gasteiger partial charge in [-0.25, -0.2) is 4.98 Å². The standard InChI is InChI=1S/C12H14BrNS/c1-9(13)5-4-8-12-14-10-6-2-3-7-11(10)15-12/h2-3,6-7,9H,4-5,8H2,1H3. The molecule has 0 fully saturated rings. The summed E-state index contributed by atoms with van der Waals surface area (Å²) in [5.74, 6) is 0. The number of fused-ring (bicyclic) bond motifs is 1. The molecule has 3 heteroatoms. The molecule has 1 unspecified atom stereocenters. The fourth-order valence-corrected chi connectivity index (χ4v) is 2.89. The third kappa shape index (κ3) is 3.02. The number of para-hydroxylation sites is 1. The normalized spacial score (nSPS) is 13.2. The Balaban J connectivity index is 2.03. The lowest BCUT2D eigenvalue weighted by atomic mass is 10.2. The molecule has 1 nitrogen and oxygen atoms in total. The molecule has 0 N–H and O–H groups in total. The number of hydrogen-bond acceptors (Lipinski definition) is 2. The maximum atomic E-state index is 4.61. The molecule has 80 valence electrons. The molecule has 0 saturated heterocycles. The van der Waals surface area contributed by atoms with Crippen molar-refractivity contribution in [2.45, 2.75) is 31.0 Å². The summed E-state index contributed by atoms with van der Waals surface area (Å²) in [6.45, 7) is 2.19. The number of halogens is 1. The third-order valence-corrected chi connectivity index (χ3v) is 3.88. The minimum absolute atomic E-state index is 0.617. The van der Waals surface area contributed by atoms with Gasteiger partial charge in [-0.2, -0.15) is 0 Å². The van der Waals surface area contributed by atoms with Crippen molar-refractivity contribution in [3.63, 3.8) is 0 Å². The molecule has 2 aromatic rings. The van der Waals surface area contributed by atoms with Crippen LogP contribution in [0.4, 0.5) is 0 Å². The number of aryl methyl sites for hydroxylation is 1. The van der Waals surface area contributed by atoms with E-state index in [0.29, 0.717) is 4.83 Å². The molecule has 1 heterocycles. The van der Waals surface area contributed by atoms with Gasteiger partial charge in [-0.15, -0.1) is 11.3 Å². The van der Waals surface area contributed by atoms with Gasteiger partial charge in [0.15, 0.2) is 0 Å². The number of nitrogens with zero attached hydrogens (tertiary/aromatic N) is 1. The molecule has 0 saturated carbocycles. The van der Waals surface area contributed by atoms with Crippen LogP contribution in [0.2, 0.25) is 0 Å². The van der Waals surface area contributed by atoms with Crippen molar-refractivity contribution in [3.05, 3.63) is 29.3 Å². The van der Waals surface area contributed by atoms with Crippen LogP contribution in [0.25, 0.3) is 10.2 Å². The lowest BCUT2D eigenvalue weighted by Gasteiger charge is -1.99. The van der Waals surface area contributed by atoms with Crippen molar-refractivity contribution in [1.29, 1.82) is 0 Å². The van der Waals surface area contributed by atoms with Crippen molar-refractivity contribution in [2.75, 3.05) is 0 Å². The first-order valence-corrected chi connectivity index (χ1v) is 6.97. The molecule has 2 rings (SSSR count). The number of alkyl halides is 1. The highest BCUT2D eigenvalue weighted by Gasteiger charge is 2.03. The Morgan fingerprint density at radius 2 is 2.20 bits per heavy atom. The van der Waals surface area contributed by atoms with E-state index >= 15 is 0 Å². The van der Waals surface area contributed by atoms with Crippen molar-refractivity contribution in [1.82, 2.24) is 4.98 Å². The van der Waals surface area contributed by atoms with Gasteiger partial charge in [0.25, 0.3) is 0 Å². The van der Waals surface area contributed by atoms with E-state index in [1.54, 1.807) is 0 Å². The summed E-state index contributed by atoms with van der Waals surface area (Å²) in [6.07, 6.45) is 3.54. The summed E-state index contributed by atoms with van der Waals surface area (Å²) in [5.41, 5.74) is 1.14. The second-order valence-electron chi connectivity index (χ2n) is 3.75. The van der Waals surface area contributed by atoms with E-state index < -0.39 is 0 Å². The van der Waals surface area contributed by atoms with Crippen LogP contribution in [0.1, 0.15) is 24.8 Å². The molecule has 1 aromatic carbocycles. The van der Waals surface area contributed by atoms with Crippen LogP contribution in [-0.4, -0.2) is 9.81 Å². The highest BCUT2D eigenvalue weighted by atomic mass is 79.9. The van der Waals surface area contributed by atoms with Crippen LogP contribution in [0.15, 0.2) is 24.3 Å². The van der Waals surface area contributed by atoms with Gasteiger partial charge in [-0.3, -0.25) is 0 Å². The minimum atomic E-state index is 0.617. The molecule has 0 amide bonds. The Labute approximate surface area is 103 Å². The zero-order valence-electron chi connectivity index (χ0n) is 8.74. The van der Waals surface area contributed by atoms with Gasteiger partial charge in [0.2, 0.25) is 0 Å². The topological polar surface area (TPSA) is 12.9 Å². The predicted octanol–water partition coefficient (Wildman–Crippen LogP) is 4.40. The maximum absolute atomic E-state index is 4.61. The number of hydrogen-bond donors (Lipinski definition) is 0. The maximum Gasteiger partial charge on any atom is 0.0938 e. The lowest BCUT2D eigenvalue weighted by Crippen LogP contribution is -1.91. The van der Waals surface area contributed by atoms with Gasteiger partial charge in [0.1, 0.15) is 0 Å². The first-order valence-electron chi connectivity index (χ1n) is 5.24. The van der Waals surface area contributed by atoms with Crippen LogP contribution in [0.5, 0.6) is 0 Å². The molecule has 0 aliphatic carbocycles. The fourth-order valence-electron chi connectivity index (χ4n) is 1.56. The first-order chi connectivity index (χ1) is 7.25. The second kappa shape index (κ2) is 5.08. The van der Waals surface area contributed by atoms with E-state index in [4.69, 9.17) is 0 Å². The van der Waals surface area contributed by atoms with E-state index in [2.05, 4.69) is 46.0 Å². The number of thiazole rings is 1. The van der Waals surface area contributed by atoms with E-state index in [1.807, 2.05) is 17.4 Å². The van der Waals surface area contributed by atoms with Gasteiger partial charge in [-0.05, 0) is 31.4 Å². The molecule has 1 aromatic heterocycles. The SMILES string of the molecule is CC(Br)CCCc1nc2ccccc2s1. The first kappa shape index (κ1) is 11.1. The van der Waals surface area contributed by atoms with E-state index in [-0.39, 0.29) is 0 Å². The van der Waals surface area contributed by atoms with Gasteiger partial charge in [-0.1, -0.05) is 35.0 Å². The number of aromatic nitrogens is 1. The van der Waals surface area contributed by atoms with Crippen LogP contribution in [0.3, 0.4) is 0 Å². The van der Waals surface area contributed by atoms with Crippen LogP contribution in [0, 0.1) is 0 Å². The molecule has 0 aliphatic rings. The number of rotatable bonds is 4. The fraction of sp³-hybridized carbons (Fsp3) is 0.417. The van der Waals surface area contributed by atoms with Crippen molar-refractivity contribution >= 4 is 37.5 Å². The Morgan fingerprint density at radius 1 is 1.40 bits per heavy atom. The molecular weight excluding hydrogens is 270 g/mol. The summed E-state index contributed by atoms with van der Waals surface area (Å²) >= 11 is 5.39. The summed E-state index contributed by atoms with van der Waals surface area (Å²) in [5, 5.41) is 1.27. The average Bonchev–Trinajstić information content (AvgIpc) is 2.59. The quantitative estimate of drug-likeness (QED) is 0.758. The van der Waals surface area contributed by atoms with Gasteiger partial charge < -0.3 is 0 Å². The van der Waals surface area contributed by atoms with Gasteiger partial charge in [0.05, 0.1) is 15.2 Å². The Hall–Kier alpha value is -0.410. The molecular formula is C12H14BrNS. The summed E-state index contributed by atoms with van der Waals surface area (Å²) in [4.78, 5) is 5.23. The molecule has 1 atom stereocenters. The minimum Gasteiger partial charge on any atom is -0.241 e. The summed E-state index contributed by atoms with van der Waals surface area (Å²) in [6, 6.07) is 8.35. The average molecular weight is 284 g/mol.